The molecular weight excluding hydrogens is 472 g/mol. The number of anilines is 1. The molecular formula is C23H24N6O3S2. The quantitative estimate of drug-likeness (QED) is 0.253. The van der Waals surface area contributed by atoms with E-state index in [4.69, 9.17) is 9.15 Å². The molecule has 9 nitrogen and oxygen atoms in total. The van der Waals surface area contributed by atoms with Crippen LogP contribution in [0.4, 0.5) is 5.69 Å². The molecule has 0 atom stereocenters. The lowest BCUT2D eigenvalue weighted by molar-refractivity contribution is -0.113. The molecule has 0 radical (unpaired) electrons. The number of nitrogens with zero attached hydrogens (tertiary/aromatic N) is 5. The third-order valence-corrected chi connectivity index (χ3v) is 6.50. The van der Waals surface area contributed by atoms with Gasteiger partial charge in [0.05, 0.1) is 31.4 Å². The summed E-state index contributed by atoms with van der Waals surface area (Å²) in [4.78, 5) is 21.5. The zero-order valence-corrected chi connectivity index (χ0v) is 20.7. The largest absolute Gasteiger partial charge is 0.497 e. The molecule has 0 saturated heterocycles. The molecule has 0 saturated carbocycles. The van der Waals surface area contributed by atoms with Crippen molar-refractivity contribution in [3.63, 3.8) is 0 Å². The van der Waals surface area contributed by atoms with E-state index in [2.05, 4.69) is 25.5 Å². The minimum Gasteiger partial charge on any atom is -0.497 e. The predicted molar refractivity (Wildman–Crippen MR) is 131 cm³/mol. The van der Waals surface area contributed by atoms with Gasteiger partial charge in [-0.15, -0.1) is 10.2 Å². The van der Waals surface area contributed by atoms with Crippen LogP contribution in [0.25, 0.3) is 0 Å². The highest BCUT2D eigenvalue weighted by molar-refractivity contribution is 7.99. The molecule has 0 aliphatic carbocycles. The van der Waals surface area contributed by atoms with Crippen LogP contribution in [-0.4, -0.2) is 43.5 Å². The molecule has 1 N–H and O–H groups in total. The molecule has 176 valence electrons. The summed E-state index contributed by atoms with van der Waals surface area (Å²) in [5, 5.41) is 12.9. The van der Waals surface area contributed by atoms with E-state index in [0.717, 1.165) is 28.7 Å². The van der Waals surface area contributed by atoms with Gasteiger partial charge >= 0.3 is 0 Å². The molecule has 11 heteroatoms. The minimum absolute atomic E-state index is 0.137. The van der Waals surface area contributed by atoms with Crippen molar-refractivity contribution in [1.82, 2.24) is 24.7 Å². The Labute approximate surface area is 205 Å². The summed E-state index contributed by atoms with van der Waals surface area (Å²) in [6.07, 6.45) is 1.63. The lowest BCUT2D eigenvalue weighted by atomic mass is 10.3. The number of thioether (sulfide) groups is 2. The summed E-state index contributed by atoms with van der Waals surface area (Å²) in [6.45, 7) is 4.36. The molecule has 34 heavy (non-hydrogen) atoms. The standard InChI is InChI=1S/C23H24N6O3S2/c1-15-11-16(2)25-22(24-15)33-13-20-27-28-23(29(20)12-19-5-4-10-32-19)34-14-21(30)26-17-6-8-18(31-3)9-7-17/h4-11H,12-14H2,1-3H3,(H,26,30). The Morgan fingerprint density at radius 1 is 1.09 bits per heavy atom. The van der Waals surface area contributed by atoms with Crippen LogP contribution in [0.5, 0.6) is 5.75 Å². The summed E-state index contributed by atoms with van der Waals surface area (Å²) in [5.74, 6) is 2.85. The Morgan fingerprint density at radius 2 is 1.85 bits per heavy atom. The topological polar surface area (TPSA) is 108 Å². The van der Waals surface area contributed by atoms with E-state index in [-0.39, 0.29) is 11.7 Å². The number of aryl methyl sites for hydroxylation is 2. The number of carbonyl (C=O) groups is 1. The van der Waals surface area contributed by atoms with Gasteiger partial charge < -0.3 is 14.5 Å². The van der Waals surface area contributed by atoms with Gasteiger partial charge in [-0.2, -0.15) is 0 Å². The van der Waals surface area contributed by atoms with Crippen LogP contribution in [0.15, 0.2) is 63.5 Å². The molecule has 1 aromatic carbocycles. The van der Waals surface area contributed by atoms with Crippen molar-refractivity contribution in [1.29, 1.82) is 0 Å². The maximum Gasteiger partial charge on any atom is 0.234 e. The van der Waals surface area contributed by atoms with Crippen LogP contribution < -0.4 is 10.1 Å². The Hall–Kier alpha value is -3.31. The monoisotopic (exact) mass is 496 g/mol. The molecule has 3 heterocycles. The lowest BCUT2D eigenvalue weighted by Crippen LogP contribution is -2.15. The number of hydrogen-bond acceptors (Lipinski definition) is 9. The highest BCUT2D eigenvalue weighted by Gasteiger charge is 2.17. The minimum atomic E-state index is -0.137. The lowest BCUT2D eigenvalue weighted by Gasteiger charge is -2.09. The second-order valence-corrected chi connectivity index (χ2v) is 9.24. The Balaban J connectivity index is 1.44. The van der Waals surface area contributed by atoms with E-state index < -0.39 is 0 Å². The molecule has 0 fully saturated rings. The average molecular weight is 497 g/mol. The number of furan rings is 1. The van der Waals surface area contributed by atoms with E-state index in [0.29, 0.717) is 28.3 Å². The molecule has 4 aromatic rings. The second kappa shape index (κ2) is 11.2. The van der Waals surface area contributed by atoms with Crippen molar-refractivity contribution in [2.75, 3.05) is 18.2 Å². The first-order valence-electron chi connectivity index (χ1n) is 10.5. The first kappa shape index (κ1) is 23.8. The molecule has 4 rings (SSSR count). The summed E-state index contributed by atoms with van der Waals surface area (Å²) in [6, 6.07) is 12.9. The van der Waals surface area contributed by atoms with Gasteiger partial charge in [-0.3, -0.25) is 9.36 Å². The number of amides is 1. The van der Waals surface area contributed by atoms with Crippen LogP contribution in [-0.2, 0) is 17.1 Å². The van der Waals surface area contributed by atoms with Gasteiger partial charge in [-0.1, -0.05) is 23.5 Å². The van der Waals surface area contributed by atoms with Gasteiger partial charge in [0.15, 0.2) is 10.3 Å². The van der Waals surface area contributed by atoms with Crippen molar-refractivity contribution >= 4 is 35.1 Å². The van der Waals surface area contributed by atoms with Crippen molar-refractivity contribution in [3.8, 4) is 5.75 Å². The van der Waals surface area contributed by atoms with Gasteiger partial charge in [0.2, 0.25) is 5.91 Å². The summed E-state index contributed by atoms with van der Waals surface area (Å²) >= 11 is 2.82. The number of methoxy groups -OCH3 is 1. The van der Waals surface area contributed by atoms with Crippen molar-refractivity contribution < 1.29 is 13.9 Å². The number of benzene rings is 1. The predicted octanol–water partition coefficient (Wildman–Crippen LogP) is 4.36. The van der Waals surface area contributed by atoms with Gasteiger partial charge in [-0.25, -0.2) is 9.97 Å². The van der Waals surface area contributed by atoms with E-state index in [1.807, 2.05) is 36.6 Å². The fraction of sp³-hybridized carbons (Fsp3) is 0.261. The van der Waals surface area contributed by atoms with Crippen LogP contribution in [0.2, 0.25) is 0 Å². The van der Waals surface area contributed by atoms with Gasteiger partial charge in [0.25, 0.3) is 0 Å². The van der Waals surface area contributed by atoms with Gasteiger partial charge in [0, 0.05) is 17.1 Å². The average Bonchev–Trinajstić information content (AvgIpc) is 3.46. The second-order valence-electron chi connectivity index (χ2n) is 7.35. The number of nitrogens with one attached hydrogen (secondary N) is 1. The SMILES string of the molecule is COc1ccc(NC(=O)CSc2nnc(CSc3nc(C)cc(C)n3)n2Cc2ccco2)cc1. The van der Waals surface area contributed by atoms with Crippen LogP contribution in [0.3, 0.4) is 0 Å². The molecule has 0 aliphatic heterocycles. The van der Waals surface area contributed by atoms with E-state index in [9.17, 15) is 4.79 Å². The molecule has 0 bridgehead atoms. The normalized spacial score (nSPS) is 10.9. The highest BCUT2D eigenvalue weighted by atomic mass is 32.2. The van der Waals surface area contributed by atoms with Gasteiger partial charge in [-0.05, 0) is 56.3 Å². The first-order valence-corrected chi connectivity index (χ1v) is 12.4. The smallest absolute Gasteiger partial charge is 0.234 e. The molecule has 0 spiro atoms. The van der Waals surface area contributed by atoms with Crippen LogP contribution in [0.1, 0.15) is 23.0 Å². The Bertz CT molecular complexity index is 1220. The molecule has 0 aliphatic rings. The molecule has 0 unspecified atom stereocenters. The summed E-state index contributed by atoms with van der Waals surface area (Å²) in [7, 11) is 1.60. The summed E-state index contributed by atoms with van der Waals surface area (Å²) in [5.41, 5.74) is 2.55. The van der Waals surface area contributed by atoms with Crippen molar-refractivity contribution in [2.45, 2.75) is 36.5 Å². The van der Waals surface area contributed by atoms with E-state index in [1.54, 1.807) is 37.6 Å². The zero-order chi connectivity index (χ0) is 23.9. The summed E-state index contributed by atoms with van der Waals surface area (Å²) < 4.78 is 12.6. The highest BCUT2D eigenvalue weighted by Crippen LogP contribution is 2.24. The Kier molecular flexibility index (Phi) is 7.86. The third-order valence-electron chi connectivity index (χ3n) is 4.69. The third kappa shape index (κ3) is 6.39. The van der Waals surface area contributed by atoms with E-state index >= 15 is 0 Å². The molecule has 1 amide bonds. The van der Waals surface area contributed by atoms with Crippen molar-refractivity contribution in [3.05, 3.63) is 71.7 Å². The first-order chi connectivity index (χ1) is 16.5. The maximum absolute atomic E-state index is 12.5. The fourth-order valence-corrected chi connectivity index (χ4v) is 4.78. The van der Waals surface area contributed by atoms with E-state index in [1.165, 1.54) is 23.5 Å². The Morgan fingerprint density at radius 3 is 2.53 bits per heavy atom. The number of aromatic nitrogens is 5. The van der Waals surface area contributed by atoms with Crippen LogP contribution >= 0.6 is 23.5 Å². The van der Waals surface area contributed by atoms with Crippen LogP contribution in [0, 0.1) is 13.8 Å². The van der Waals surface area contributed by atoms with Gasteiger partial charge in [0.1, 0.15) is 17.3 Å². The maximum atomic E-state index is 12.5. The number of carbonyl (C=O) groups excluding carboxylic acids is 1. The number of rotatable bonds is 10. The molecule has 3 aromatic heterocycles. The van der Waals surface area contributed by atoms with Crippen molar-refractivity contribution in [2.24, 2.45) is 0 Å². The number of hydrogen-bond donors (Lipinski definition) is 1. The number of ether oxygens (including phenoxy) is 1. The zero-order valence-electron chi connectivity index (χ0n) is 19.0. The fourth-order valence-electron chi connectivity index (χ4n) is 3.14.